The van der Waals surface area contributed by atoms with Gasteiger partial charge in [-0.25, -0.2) is 0 Å². The number of carbonyl (C=O) groups excluding carboxylic acids is 2. The minimum absolute atomic E-state index is 0.0530. The fourth-order valence-corrected chi connectivity index (χ4v) is 3.98. The molecule has 0 radical (unpaired) electrons. The molecule has 1 heterocycles. The minimum atomic E-state index is -0.629. The van der Waals surface area contributed by atoms with Gasteiger partial charge in [-0.3, -0.25) is 24.6 Å². The smallest absolute Gasteiger partial charge is 0.271 e. The summed E-state index contributed by atoms with van der Waals surface area (Å²) in [6, 6.07) is 11.0. The summed E-state index contributed by atoms with van der Waals surface area (Å²) in [5.41, 5.74) is 1.65. The van der Waals surface area contributed by atoms with Gasteiger partial charge in [-0.1, -0.05) is 53.8 Å². The van der Waals surface area contributed by atoms with Crippen molar-refractivity contribution < 1.29 is 19.6 Å². The monoisotopic (exact) mass is 443 g/mol. The number of benzene rings is 2. The number of phenols is 1. The van der Waals surface area contributed by atoms with Crippen LogP contribution in [0, 0.1) is 17.0 Å². The third-order valence-corrected chi connectivity index (χ3v) is 5.65. The van der Waals surface area contributed by atoms with Crippen molar-refractivity contribution in [2.75, 3.05) is 11.9 Å². The fraction of sp³-hybridized carbons (Fsp3) is 0.150. The van der Waals surface area contributed by atoms with Crippen LogP contribution in [0.4, 0.5) is 11.4 Å². The number of nitrogens with one attached hydrogen (secondary N) is 1. The number of phenolic OH excluding ortho intramolecular Hbond substituents is 1. The molecule has 154 valence electrons. The van der Waals surface area contributed by atoms with Crippen molar-refractivity contribution in [1.82, 2.24) is 4.90 Å². The standard InChI is InChI=1S/C20H17N3O5S2/c1-12-2-4-13(5-3-12)10-17-19(26)22(20(29)30-17)9-8-18(25)21-15-11-14(23(27)28)6-7-16(15)24/h2-7,10-11,24H,8-9H2,1H3,(H,21,25)/b17-10+. The Bertz CT molecular complexity index is 1070. The van der Waals surface area contributed by atoms with Gasteiger partial charge >= 0.3 is 0 Å². The van der Waals surface area contributed by atoms with Gasteiger partial charge in [0.05, 0.1) is 15.5 Å². The molecule has 1 aliphatic rings. The Morgan fingerprint density at radius 2 is 2.00 bits per heavy atom. The molecule has 1 saturated heterocycles. The number of rotatable bonds is 6. The Hall–Kier alpha value is -3.24. The number of nitro benzene ring substituents is 1. The van der Waals surface area contributed by atoms with E-state index in [-0.39, 0.29) is 36.0 Å². The van der Waals surface area contributed by atoms with Gasteiger partial charge in [0.25, 0.3) is 11.6 Å². The maximum atomic E-state index is 12.6. The van der Waals surface area contributed by atoms with Crippen LogP contribution in [-0.4, -0.2) is 37.6 Å². The number of amides is 2. The van der Waals surface area contributed by atoms with Gasteiger partial charge in [0.2, 0.25) is 5.91 Å². The number of aromatic hydroxyl groups is 1. The molecule has 8 nitrogen and oxygen atoms in total. The quantitative estimate of drug-likeness (QED) is 0.229. The molecular weight excluding hydrogens is 426 g/mol. The third-order valence-electron chi connectivity index (χ3n) is 4.28. The molecule has 0 saturated carbocycles. The minimum Gasteiger partial charge on any atom is -0.506 e. The van der Waals surface area contributed by atoms with Gasteiger partial charge in [0.1, 0.15) is 10.1 Å². The molecule has 2 amide bonds. The molecule has 30 heavy (non-hydrogen) atoms. The van der Waals surface area contributed by atoms with E-state index in [9.17, 15) is 24.8 Å². The summed E-state index contributed by atoms with van der Waals surface area (Å²) in [7, 11) is 0. The summed E-state index contributed by atoms with van der Waals surface area (Å²) in [6.45, 7) is 2.03. The number of thiocarbonyl (C=S) groups is 1. The zero-order valence-corrected chi connectivity index (χ0v) is 17.5. The number of non-ortho nitro benzene ring substituents is 1. The first-order chi connectivity index (χ1) is 14.2. The second-order valence-electron chi connectivity index (χ2n) is 6.50. The van der Waals surface area contributed by atoms with Crippen LogP contribution in [0.3, 0.4) is 0 Å². The number of nitrogens with zero attached hydrogens (tertiary/aromatic N) is 2. The highest BCUT2D eigenvalue weighted by Gasteiger charge is 2.32. The summed E-state index contributed by atoms with van der Waals surface area (Å²) in [6.07, 6.45) is 1.66. The zero-order chi connectivity index (χ0) is 21.8. The van der Waals surface area contributed by atoms with Crippen molar-refractivity contribution in [1.29, 1.82) is 0 Å². The Kier molecular flexibility index (Phi) is 6.48. The third kappa shape index (κ3) is 5.02. The largest absolute Gasteiger partial charge is 0.506 e. The molecule has 0 spiro atoms. The van der Waals surface area contributed by atoms with Crippen LogP contribution in [0.25, 0.3) is 6.08 Å². The van der Waals surface area contributed by atoms with Gasteiger partial charge in [-0.15, -0.1) is 0 Å². The van der Waals surface area contributed by atoms with E-state index in [2.05, 4.69) is 5.32 Å². The van der Waals surface area contributed by atoms with Crippen molar-refractivity contribution in [2.24, 2.45) is 0 Å². The van der Waals surface area contributed by atoms with Crippen LogP contribution in [-0.2, 0) is 9.59 Å². The lowest BCUT2D eigenvalue weighted by atomic mass is 10.1. The van der Waals surface area contributed by atoms with E-state index in [0.717, 1.165) is 29.3 Å². The van der Waals surface area contributed by atoms with Crippen molar-refractivity contribution in [3.05, 3.63) is 68.6 Å². The lowest BCUT2D eigenvalue weighted by Crippen LogP contribution is -2.31. The van der Waals surface area contributed by atoms with E-state index in [4.69, 9.17) is 12.2 Å². The normalized spacial score (nSPS) is 15.0. The maximum absolute atomic E-state index is 12.6. The van der Waals surface area contributed by atoms with Crippen LogP contribution in [0.2, 0.25) is 0 Å². The highest BCUT2D eigenvalue weighted by Crippen LogP contribution is 2.33. The first-order valence-corrected chi connectivity index (χ1v) is 10.1. The number of hydrogen-bond donors (Lipinski definition) is 2. The fourth-order valence-electron chi connectivity index (χ4n) is 2.67. The van der Waals surface area contributed by atoms with E-state index in [1.807, 2.05) is 31.2 Å². The highest BCUT2D eigenvalue weighted by molar-refractivity contribution is 8.26. The van der Waals surface area contributed by atoms with E-state index < -0.39 is 10.8 Å². The van der Waals surface area contributed by atoms with Crippen LogP contribution >= 0.6 is 24.0 Å². The summed E-state index contributed by atoms with van der Waals surface area (Å²) in [5, 5.41) is 23.1. The molecule has 2 aromatic rings. The average Bonchev–Trinajstić information content (AvgIpc) is 2.96. The number of anilines is 1. The first-order valence-electron chi connectivity index (χ1n) is 8.84. The molecule has 1 fully saturated rings. The number of hydrogen-bond acceptors (Lipinski definition) is 7. The van der Waals surface area contributed by atoms with E-state index in [0.29, 0.717) is 9.23 Å². The number of nitro groups is 1. The number of thioether (sulfide) groups is 1. The Labute approximate surface area is 181 Å². The molecule has 0 aliphatic carbocycles. The van der Waals surface area contributed by atoms with Gasteiger partial charge in [-0.05, 0) is 24.6 Å². The lowest BCUT2D eigenvalue weighted by Gasteiger charge is -2.14. The lowest BCUT2D eigenvalue weighted by molar-refractivity contribution is -0.384. The van der Waals surface area contributed by atoms with E-state index in [1.165, 1.54) is 16.7 Å². The van der Waals surface area contributed by atoms with Crippen LogP contribution in [0.1, 0.15) is 17.5 Å². The molecular formula is C20H17N3O5S2. The van der Waals surface area contributed by atoms with Crippen molar-refractivity contribution in [3.8, 4) is 5.75 Å². The zero-order valence-electron chi connectivity index (χ0n) is 15.8. The van der Waals surface area contributed by atoms with Crippen LogP contribution in [0.5, 0.6) is 5.75 Å². The van der Waals surface area contributed by atoms with E-state index in [1.54, 1.807) is 6.08 Å². The summed E-state index contributed by atoms with van der Waals surface area (Å²) in [5.74, 6) is -1.08. The van der Waals surface area contributed by atoms with Crippen LogP contribution < -0.4 is 5.32 Å². The summed E-state index contributed by atoms with van der Waals surface area (Å²) in [4.78, 5) is 36.9. The van der Waals surface area contributed by atoms with Gasteiger partial charge in [0, 0.05) is 25.1 Å². The molecule has 0 unspecified atom stereocenters. The first kappa shape index (κ1) is 21.5. The predicted molar refractivity (Wildman–Crippen MR) is 119 cm³/mol. The summed E-state index contributed by atoms with van der Waals surface area (Å²) >= 11 is 6.43. The molecule has 0 atom stereocenters. The van der Waals surface area contributed by atoms with Gasteiger partial charge < -0.3 is 10.4 Å². The van der Waals surface area contributed by atoms with Gasteiger partial charge in [0.15, 0.2) is 0 Å². The highest BCUT2D eigenvalue weighted by atomic mass is 32.2. The van der Waals surface area contributed by atoms with Crippen LogP contribution in [0.15, 0.2) is 47.4 Å². The Balaban J connectivity index is 1.63. The Morgan fingerprint density at radius 3 is 2.67 bits per heavy atom. The van der Waals surface area contributed by atoms with Crippen molar-refractivity contribution >= 4 is 57.6 Å². The molecule has 10 heteroatoms. The molecule has 3 rings (SSSR count). The molecule has 0 aromatic heterocycles. The topological polar surface area (TPSA) is 113 Å². The molecule has 2 aromatic carbocycles. The molecule has 2 N–H and O–H groups in total. The number of carbonyl (C=O) groups is 2. The maximum Gasteiger partial charge on any atom is 0.271 e. The SMILES string of the molecule is Cc1ccc(/C=C2/SC(=S)N(CCC(=O)Nc3cc([N+](=O)[O-])ccc3O)C2=O)cc1. The van der Waals surface area contributed by atoms with Crippen molar-refractivity contribution in [3.63, 3.8) is 0 Å². The summed E-state index contributed by atoms with van der Waals surface area (Å²) < 4.78 is 0.351. The molecule has 0 bridgehead atoms. The number of aryl methyl sites for hydroxylation is 1. The Morgan fingerprint density at radius 1 is 1.30 bits per heavy atom. The predicted octanol–water partition coefficient (Wildman–Crippen LogP) is 3.84. The second-order valence-corrected chi connectivity index (χ2v) is 8.18. The second kappa shape index (κ2) is 9.06. The van der Waals surface area contributed by atoms with Gasteiger partial charge in [-0.2, -0.15) is 0 Å². The van der Waals surface area contributed by atoms with E-state index >= 15 is 0 Å². The average molecular weight is 444 g/mol. The molecule has 1 aliphatic heterocycles. The van der Waals surface area contributed by atoms with Crippen molar-refractivity contribution in [2.45, 2.75) is 13.3 Å².